The van der Waals surface area contributed by atoms with E-state index in [9.17, 15) is 33.9 Å². The van der Waals surface area contributed by atoms with Crippen LogP contribution in [-0.4, -0.2) is 63.7 Å². The van der Waals surface area contributed by atoms with Gasteiger partial charge in [0, 0.05) is 38.4 Å². The predicted octanol–water partition coefficient (Wildman–Crippen LogP) is 1.30. The monoisotopic (exact) mass is 503 g/mol. The molecule has 1 atom stereocenters. The molecule has 13 heteroatoms. The molecule has 184 valence electrons. The number of ether oxygens (including phenoxy) is 2. The molecule has 2 N–H and O–H groups in total. The number of thiophene rings is 1. The summed E-state index contributed by atoms with van der Waals surface area (Å²) in [5.74, 6) is -4.67. The number of carboxylic acid groups (broad SMARTS) is 1. The van der Waals surface area contributed by atoms with Crippen LogP contribution in [0.25, 0.3) is 0 Å². The summed E-state index contributed by atoms with van der Waals surface area (Å²) < 4.78 is 10.1. The molecule has 0 spiro atoms. The Morgan fingerprint density at radius 2 is 1.71 bits per heavy atom. The minimum absolute atomic E-state index is 0.0106. The summed E-state index contributed by atoms with van der Waals surface area (Å²) in [6.45, 7) is 2.13. The van der Waals surface area contributed by atoms with E-state index in [2.05, 4.69) is 5.32 Å². The van der Waals surface area contributed by atoms with Gasteiger partial charge in [0.25, 0.3) is 0 Å². The fourth-order valence-electron chi connectivity index (χ4n) is 3.28. The third kappa shape index (κ3) is 6.20. The fraction of sp³-hybridized carbons (Fsp3) is 0.273. The summed E-state index contributed by atoms with van der Waals surface area (Å²) >= 11 is 1.13. The number of amides is 4. The summed E-state index contributed by atoms with van der Waals surface area (Å²) in [7, 11) is 0. The number of carboxylic acids is 1. The van der Waals surface area contributed by atoms with E-state index in [0.29, 0.717) is 15.3 Å². The van der Waals surface area contributed by atoms with E-state index in [1.165, 1.54) is 43.0 Å². The maximum Gasteiger partial charge on any atom is 0.331 e. The van der Waals surface area contributed by atoms with Crippen molar-refractivity contribution in [3.05, 3.63) is 46.2 Å². The van der Waals surface area contributed by atoms with Crippen LogP contribution in [0.5, 0.6) is 11.5 Å². The minimum atomic E-state index is -1.36. The van der Waals surface area contributed by atoms with E-state index in [1.807, 2.05) is 0 Å². The SMILES string of the molecule is CC(=O)Oc1ccc(CN2CCN(C(=O)NC(C(=O)O)c3cccs3)C(=O)C2=O)cc1OC(C)=O. The molecule has 12 nitrogen and oxygen atoms in total. The van der Waals surface area contributed by atoms with Crippen LogP contribution in [0.3, 0.4) is 0 Å². The number of benzene rings is 1. The number of carbonyl (C=O) groups is 6. The molecule has 4 amide bonds. The van der Waals surface area contributed by atoms with E-state index in [4.69, 9.17) is 9.47 Å². The van der Waals surface area contributed by atoms with E-state index in [0.717, 1.165) is 11.3 Å². The molecule has 2 heterocycles. The van der Waals surface area contributed by atoms with Gasteiger partial charge in [-0.05, 0) is 29.1 Å². The highest BCUT2D eigenvalue weighted by atomic mass is 32.1. The molecule has 1 aliphatic heterocycles. The van der Waals surface area contributed by atoms with Gasteiger partial charge < -0.3 is 24.8 Å². The summed E-state index contributed by atoms with van der Waals surface area (Å²) in [6, 6.07) is 5.12. The van der Waals surface area contributed by atoms with Gasteiger partial charge in [0.15, 0.2) is 17.5 Å². The number of hydrogen-bond donors (Lipinski definition) is 2. The molecule has 0 bridgehead atoms. The van der Waals surface area contributed by atoms with Crippen molar-refractivity contribution in [2.45, 2.75) is 26.4 Å². The molecule has 1 aromatic heterocycles. The highest BCUT2D eigenvalue weighted by molar-refractivity contribution is 7.10. The van der Waals surface area contributed by atoms with Gasteiger partial charge in [-0.25, -0.2) is 9.59 Å². The highest BCUT2D eigenvalue weighted by Crippen LogP contribution is 2.29. The number of piperazine rings is 1. The lowest BCUT2D eigenvalue weighted by molar-refractivity contribution is -0.154. The van der Waals surface area contributed by atoms with Crippen molar-refractivity contribution in [1.29, 1.82) is 0 Å². The maximum absolute atomic E-state index is 12.7. The van der Waals surface area contributed by atoms with Crippen molar-refractivity contribution in [3.8, 4) is 11.5 Å². The van der Waals surface area contributed by atoms with Crippen LogP contribution < -0.4 is 14.8 Å². The Morgan fingerprint density at radius 1 is 1.03 bits per heavy atom. The first-order valence-electron chi connectivity index (χ1n) is 10.2. The lowest BCUT2D eigenvalue weighted by Gasteiger charge is -2.33. The van der Waals surface area contributed by atoms with Crippen LogP contribution >= 0.6 is 11.3 Å². The first-order valence-corrected chi connectivity index (χ1v) is 11.1. The largest absolute Gasteiger partial charge is 0.479 e. The number of imide groups is 1. The van der Waals surface area contributed by atoms with Crippen LogP contribution in [0.1, 0.15) is 30.3 Å². The first-order chi connectivity index (χ1) is 16.6. The van der Waals surface area contributed by atoms with Gasteiger partial charge in [-0.3, -0.25) is 24.1 Å². The smallest absolute Gasteiger partial charge is 0.331 e. The zero-order valence-electron chi connectivity index (χ0n) is 18.7. The molecule has 2 aromatic rings. The van der Waals surface area contributed by atoms with Crippen LogP contribution in [0.15, 0.2) is 35.7 Å². The summed E-state index contributed by atoms with van der Waals surface area (Å²) in [5, 5.41) is 13.3. The maximum atomic E-state index is 12.7. The molecule has 1 fully saturated rings. The quantitative estimate of drug-likeness (QED) is 0.322. The Kier molecular flexibility index (Phi) is 7.81. The molecular formula is C22H21N3O9S. The lowest BCUT2D eigenvalue weighted by atomic mass is 10.1. The number of hydrogen-bond acceptors (Lipinski definition) is 9. The van der Waals surface area contributed by atoms with E-state index in [1.54, 1.807) is 11.4 Å². The Bertz CT molecular complexity index is 1180. The van der Waals surface area contributed by atoms with Crippen LogP contribution in [0, 0.1) is 0 Å². The van der Waals surface area contributed by atoms with Crippen molar-refractivity contribution in [2.75, 3.05) is 13.1 Å². The van der Waals surface area contributed by atoms with Gasteiger partial charge >= 0.3 is 35.8 Å². The Morgan fingerprint density at radius 3 is 2.31 bits per heavy atom. The van der Waals surface area contributed by atoms with Crippen LogP contribution in [-0.2, 0) is 30.5 Å². The molecule has 3 rings (SSSR count). The average molecular weight is 503 g/mol. The molecular weight excluding hydrogens is 482 g/mol. The number of urea groups is 1. The number of esters is 2. The third-order valence-corrected chi connectivity index (χ3v) is 5.72. The zero-order valence-corrected chi connectivity index (χ0v) is 19.5. The van der Waals surface area contributed by atoms with E-state index >= 15 is 0 Å². The number of nitrogens with one attached hydrogen (secondary N) is 1. The van der Waals surface area contributed by atoms with Gasteiger partial charge in [0.2, 0.25) is 0 Å². The molecule has 35 heavy (non-hydrogen) atoms. The topological polar surface area (TPSA) is 160 Å². The average Bonchev–Trinajstić information content (AvgIpc) is 3.30. The Balaban J connectivity index is 1.70. The number of nitrogens with zero attached hydrogens (tertiary/aromatic N) is 2. The molecule has 1 saturated heterocycles. The van der Waals surface area contributed by atoms with Gasteiger partial charge in [-0.15, -0.1) is 11.3 Å². The summed E-state index contributed by atoms with van der Waals surface area (Å²) in [6.07, 6.45) is 0. The molecule has 0 saturated carbocycles. The first kappa shape index (κ1) is 25.4. The van der Waals surface area contributed by atoms with Gasteiger partial charge in [0.1, 0.15) is 0 Å². The van der Waals surface area contributed by atoms with Gasteiger partial charge in [0.05, 0.1) is 0 Å². The van der Waals surface area contributed by atoms with Gasteiger partial charge in [-0.1, -0.05) is 12.1 Å². The Labute approximate surface area is 203 Å². The van der Waals surface area contributed by atoms with Crippen molar-refractivity contribution >= 4 is 47.1 Å². The van der Waals surface area contributed by atoms with E-state index < -0.39 is 41.8 Å². The third-order valence-electron chi connectivity index (χ3n) is 4.79. The summed E-state index contributed by atoms with van der Waals surface area (Å²) in [5.41, 5.74) is 0.472. The van der Waals surface area contributed by atoms with E-state index in [-0.39, 0.29) is 31.1 Å². The molecule has 1 aromatic carbocycles. The summed E-state index contributed by atoms with van der Waals surface area (Å²) in [4.78, 5) is 74.3. The number of carbonyl (C=O) groups excluding carboxylic acids is 5. The molecule has 1 unspecified atom stereocenters. The number of aliphatic carboxylic acids is 1. The van der Waals surface area contributed by atoms with Crippen molar-refractivity contribution < 1.29 is 43.3 Å². The lowest BCUT2D eigenvalue weighted by Crippen LogP contribution is -2.58. The highest BCUT2D eigenvalue weighted by Gasteiger charge is 2.37. The van der Waals surface area contributed by atoms with Crippen molar-refractivity contribution in [3.63, 3.8) is 0 Å². The molecule has 0 radical (unpaired) electrons. The van der Waals surface area contributed by atoms with Gasteiger partial charge in [-0.2, -0.15) is 0 Å². The Hall–Kier alpha value is -4.26. The zero-order chi connectivity index (χ0) is 25.7. The second-order valence-electron chi connectivity index (χ2n) is 7.39. The standard InChI is InChI=1S/C22H21N3O9S/c1-12(26)33-15-6-5-14(10-16(15)34-13(2)27)11-24-7-8-25(20(29)19(24)28)22(32)23-18(21(30)31)17-4-3-9-35-17/h3-6,9-10,18H,7-8,11H2,1-2H3,(H,23,32)(H,30,31). The number of rotatable bonds is 7. The normalized spacial score (nSPS) is 14.3. The minimum Gasteiger partial charge on any atom is -0.479 e. The second-order valence-corrected chi connectivity index (χ2v) is 8.37. The predicted molar refractivity (Wildman–Crippen MR) is 119 cm³/mol. The van der Waals surface area contributed by atoms with Crippen molar-refractivity contribution in [1.82, 2.24) is 15.1 Å². The fourth-order valence-corrected chi connectivity index (χ4v) is 4.04. The van der Waals surface area contributed by atoms with Crippen LogP contribution in [0.2, 0.25) is 0 Å². The second kappa shape index (κ2) is 10.8. The van der Waals surface area contributed by atoms with Crippen LogP contribution in [0.4, 0.5) is 4.79 Å². The van der Waals surface area contributed by atoms with Crippen molar-refractivity contribution in [2.24, 2.45) is 0 Å². The molecule has 1 aliphatic rings. The molecule has 0 aliphatic carbocycles.